The first-order chi connectivity index (χ1) is 19.1. The van der Waals surface area contributed by atoms with Crippen molar-refractivity contribution in [2.45, 2.75) is 44.7 Å². The molecule has 0 aliphatic carbocycles. The van der Waals surface area contributed by atoms with Crippen LogP contribution in [0.1, 0.15) is 29.9 Å². The van der Waals surface area contributed by atoms with Crippen molar-refractivity contribution < 1.29 is 24.2 Å². The van der Waals surface area contributed by atoms with Crippen LogP contribution in [0.4, 0.5) is 0 Å². The Balaban J connectivity index is 1.72. The largest absolute Gasteiger partial charge is 0.468 e. The van der Waals surface area contributed by atoms with Crippen LogP contribution in [0.15, 0.2) is 83.5 Å². The van der Waals surface area contributed by atoms with Crippen molar-refractivity contribution in [3.63, 3.8) is 0 Å². The Kier molecular flexibility index (Phi) is 11.6. The van der Waals surface area contributed by atoms with Gasteiger partial charge in [-0.25, -0.2) is 0 Å². The Bertz CT molecular complexity index is 1240. The molecular weight excluding hydrogens is 578 g/mol. The van der Waals surface area contributed by atoms with Gasteiger partial charge < -0.3 is 31.5 Å². The summed E-state index contributed by atoms with van der Waals surface area (Å²) in [6.45, 7) is 3.45. The third-order valence-corrected chi connectivity index (χ3v) is 6.57. The molecule has 0 saturated carbocycles. The van der Waals surface area contributed by atoms with E-state index in [4.69, 9.17) is 10.5 Å². The van der Waals surface area contributed by atoms with Crippen LogP contribution in [0.2, 0.25) is 0 Å². The molecule has 0 aliphatic rings. The number of primary amides is 1. The summed E-state index contributed by atoms with van der Waals surface area (Å²) in [4.78, 5) is 42.2. The lowest BCUT2D eigenvalue weighted by Crippen LogP contribution is -2.58. The molecule has 3 rings (SSSR count). The number of halogens is 1. The zero-order valence-corrected chi connectivity index (χ0v) is 23.9. The van der Waals surface area contributed by atoms with Crippen LogP contribution >= 0.6 is 15.9 Å². The highest BCUT2D eigenvalue weighted by Gasteiger charge is 2.31. The molecule has 0 unspecified atom stereocenters. The Morgan fingerprint density at radius 2 is 1.65 bits per heavy atom. The summed E-state index contributed by atoms with van der Waals surface area (Å²) in [5, 5.41) is 19.5. The van der Waals surface area contributed by atoms with Crippen LogP contribution in [0.25, 0.3) is 0 Å². The fraction of sp³-hybridized carbons (Fsp3) is 0.310. The minimum atomic E-state index is -1.28. The van der Waals surface area contributed by atoms with Crippen molar-refractivity contribution in [1.29, 1.82) is 0 Å². The zero-order chi connectivity index (χ0) is 29.1. The standard InChI is InChI=1S/C29H34BrN5O5/c1-18(2)25(34-27(38)22-10-6-7-15-32-22)28(39)35-29(40-21-8-4-3-5-9-21)24(36)17-33-23(26(31)37)16-19-11-13-20(30)14-12-19/h3-15,18,23-25,29,33,36H,16-17H2,1-2H3,(H2,31,37)(H,34,38)(H,35,39)/t23-,24-,25-,29-/m0/s1. The Labute approximate surface area is 241 Å². The molecule has 212 valence electrons. The first-order valence-electron chi connectivity index (χ1n) is 12.8. The predicted octanol–water partition coefficient (Wildman–Crippen LogP) is 2.17. The first kappa shape index (κ1) is 30.7. The quantitative estimate of drug-likeness (QED) is 0.175. The minimum absolute atomic E-state index is 0.117. The molecule has 0 bridgehead atoms. The molecular formula is C29H34BrN5O5. The van der Waals surface area contributed by atoms with Crippen LogP contribution in [0.5, 0.6) is 5.75 Å². The van der Waals surface area contributed by atoms with Gasteiger partial charge in [-0.05, 0) is 54.3 Å². The van der Waals surface area contributed by atoms with E-state index in [2.05, 4.69) is 36.9 Å². The second-order valence-corrected chi connectivity index (χ2v) is 10.4. The highest BCUT2D eigenvalue weighted by Crippen LogP contribution is 2.14. The van der Waals surface area contributed by atoms with E-state index in [1.54, 1.807) is 62.4 Å². The smallest absolute Gasteiger partial charge is 0.270 e. The van der Waals surface area contributed by atoms with E-state index >= 15 is 0 Å². The van der Waals surface area contributed by atoms with Crippen molar-refractivity contribution in [1.82, 2.24) is 20.9 Å². The van der Waals surface area contributed by atoms with Crippen LogP contribution in [0.3, 0.4) is 0 Å². The number of nitrogens with two attached hydrogens (primary N) is 1. The fourth-order valence-electron chi connectivity index (χ4n) is 3.83. The molecule has 2 aromatic carbocycles. The molecule has 0 spiro atoms. The number of ether oxygens (including phenoxy) is 1. The average molecular weight is 613 g/mol. The van der Waals surface area contributed by atoms with Crippen LogP contribution in [-0.4, -0.2) is 58.8 Å². The van der Waals surface area contributed by atoms with Crippen molar-refractivity contribution in [3.05, 3.63) is 94.7 Å². The molecule has 4 atom stereocenters. The van der Waals surface area contributed by atoms with Gasteiger partial charge in [0.25, 0.3) is 5.91 Å². The summed E-state index contributed by atoms with van der Waals surface area (Å²) >= 11 is 3.38. The number of aromatic nitrogens is 1. The summed E-state index contributed by atoms with van der Waals surface area (Å²) in [5.74, 6) is -1.52. The van der Waals surface area contributed by atoms with Crippen molar-refractivity contribution in [3.8, 4) is 5.75 Å². The van der Waals surface area contributed by atoms with E-state index in [-0.39, 0.29) is 18.2 Å². The number of pyridine rings is 1. The third-order valence-electron chi connectivity index (χ3n) is 6.04. The number of para-hydroxylation sites is 1. The SMILES string of the molecule is CC(C)[C@H](NC(=O)c1ccccn1)C(=O)N[C@@H](Oc1ccccc1)[C@@H](O)CN[C@@H](Cc1ccc(Br)cc1)C(N)=O. The van der Waals surface area contributed by atoms with Gasteiger partial charge in [-0.2, -0.15) is 0 Å². The van der Waals surface area contributed by atoms with Gasteiger partial charge in [0.2, 0.25) is 11.8 Å². The predicted molar refractivity (Wildman–Crippen MR) is 154 cm³/mol. The van der Waals surface area contributed by atoms with Crippen molar-refractivity contribution >= 4 is 33.7 Å². The highest BCUT2D eigenvalue weighted by atomic mass is 79.9. The maximum Gasteiger partial charge on any atom is 0.270 e. The van der Waals surface area contributed by atoms with E-state index in [1.165, 1.54) is 6.20 Å². The Morgan fingerprint density at radius 1 is 0.975 bits per heavy atom. The number of carbonyl (C=O) groups excluding carboxylic acids is 3. The molecule has 0 aliphatic heterocycles. The molecule has 3 amide bonds. The Morgan fingerprint density at radius 3 is 2.25 bits per heavy atom. The second-order valence-electron chi connectivity index (χ2n) is 9.53. The number of hydrogen-bond acceptors (Lipinski definition) is 7. The fourth-order valence-corrected chi connectivity index (χ4v) is 4.09. The van der Waals surface area contributed by atoms with E-state index in [0.29, 0.717) is 12.2 Å². The number of aliphatic hydroxyl groups is 1. The number of carbonyl (C=O) groups is 3. The number of rotatable bonds is 14. The molecule has 40 heavy (non-hydrogen) atoms. The summed E-state index contributed by atoms with van der Waals surface area (Å²) in [7, 11) is 0. The van der Waals surface area contributed by atoms with E-state index in [9.17, 15) is 19.5 Å². The summed E-state index contributed by atoms with van der Waals surface area (Å²) in [6.07, 6.45) is -0.699. The van der Waals surface area contributed by atoms with Gasteiger partial charge >= 0.3 is 0 Å². The monoisotopic (exact) mass is 611 g/mol. The molecule has 1 aromatic heterocycles. The molecule has 10 nitrogen and oxygen atoms in total. The van der Waals surface area contributed by atoms with E-state index in [1.807, 2.05) is 24.3 Å². The van der Waals surface area contributed by atoms with Gasteiger partial charge in [0, 0.05) is 17.2 Å². The lowest BCUT2D eigenvalue weighted by molar-refractivity contribution is -0.129. The second kappa shape index (κ2) is 15.1. The van der Waals surface area contributed by atoms with Gasteiger partial charge in [-0.1, -0.05) is 66.2 Å². The topological polar surface area (TPSA) is 156 Å². The van der Waals surface area contributed by atoms with Crippen molar-refractivity contribution in [2.75, 3.05) is 6.54 Å². The third kappa shape index (κ3) is 9.44. The van der Waals surface area contributed by atoms with Gasteiger partial charge in [0.05, 0.1) is 6.04 Å². The maximum atomic E-state index is 13.3. The summed E-state index contributed by atoms with van der Waals surface area (Å²) in [5.41, 5.74) is 6.66. The molecule has 1 heterocycles. The lowest BCUT2D eigenvalue weighted by atomic mass is 10.0. The van der Waals surface area contributed by atoms with E-state index in [0.717, 1.165) is 10.0 Å². The molecule has 6 N–H and O–H groups in total. The van der Waals surface area contributed by atoms with E-state index < -0.39 is 42.1 Å². The highest BCUT2D eigenvalue weighted by molar-refractivity contribution is 9.10. The maximum absolute atomic E-state index is 13.3. The molecule has 0 saturated heterocycles. The van der Waals surface area contributed by atoms with Crippen molar-refractivity contribution in [2.24, 2.45) is 11.7 Å². The number of nitrogens with one attached hydrogen (secondary N) is 3. The summed E-state index contributed by atoms with van der Waals surface area (Å²) < 4.78 is 6.83. The number of benzene rings is 2. The van der Waals surface area contributed by atoms with Gasteiger partial charge in [0.15, 0.2) is 6.23 Å². The van der Waals surface area contributed by atoms with Crippen LogP contribution in [-0.2, 0) is 16.0 Å². The number of aliphatic hydroxyl groups excluding tert-OH is 1. The molecule has 0 fully saturated rings. The van der Waals surface area contributed by atoms with Gasteiger partial charge in [0.1, 0.15) is 23.6 Å². The van der Waals surface area contributed by atoms with Crippen LogP contribution in [0, 0.1) is 5.92 Å². The van der Waals surface area contributed by atoms with Crippen LogP contribution < -0.4 is 26.4 Å². The lowest BCUT2D eigenvalue weighted by Gasteiger charge is -2.29. The van der Waals surface area contributed by atoms with Gasteiger partial charge in [-0.15, -0.1) is 0 Å². The number of hydrogen-bond donors (Lipinski definition) is 5. The molecule has 11 heteroatoms. The summed E-state index contributed by atoms with van der Waals surface area (Å²) in [6, 6.07) is 19.3. The molecule has 0 radical (unpaired) electrons. The first-order valence-corrected chi connectivity index (χ1v) is 13.6. The number of nitrogens with zero attached hydrogens (tertiary/aromatic N) is 1. The zero-order valence-electron chi connectivity index (χ0n) is 22.3. The van der Waals surface area contributed by atoms with Gasteiger partial charge in [-0.3, -0.25) is 19.4 Å². The Hall–Kier alpha value is -3.80. The minimum Gasteiger partial charge on any atom is -0.468 e. The number of amides is 3. The average Bonchev–Trinajstić information content (AvgIpc) is 2.94. The normalized spacial score (nSPS) is 14.0. The molecule has 3 aromatic rings.